The largest absolute Gasteiger partial charge is 0.497 e. The lowest BCUT2D eigenvalue weighted by Gasteiger charge is -2.24. The third-order valence-corrected chi connectivity index (χ3v) is 5.93. The fourth-order valence-corrected chi connectivity index (χ4v) is 4.06. The van der Waals surface area contributed by atoms with Crippen LogP contribution >= 0.6 is 11.8 Å². The molecule has 1 atom stereocenters. The highest BCUT2D eigenvalue weighted by atomic mass is 32.2. The number of alkyl halides is 3. The van der Waals surface area contributed by atoms with Crippen molar-refractivity contribution >= 4 is 29.3 Å². The number of benzene rings is 2. The first-order valence-electron chi connectivity index (χ1n) is 9.54. The van der Waals surface area contributed by atoms with Crippen molar-refractivity contribution in [2.45, 2.75) is 29.3 Å². The molecule has 0 saturated heterocycles. The molecule has 1 amide bonds. The highest BCUT2D eigenvalue weighted by Gasteiger charge is 2.34. The lowest BCUT2D eigenvalue weighted by molar-refractivity contribution is -0.146. The number of anilines is 1. The van der Waals surface area contributed by atoms with Crippen LogP contribution in [-0.2, 0) is 27.1 Å². The summed E-state index contributed by atoms with van der Waals surface area (Å²) in [7, 11) is 1.55. The van der Waals surface area contributed by atoms with Crippen molar-refractivity contribution in [2.75, 3.05) is 12.4 Å². The monoisotopic (exact) mass is 479 g/mol. The minimum Gasteiger partial charge on any atom is -0.497 e. The lowest BCUT2D eigenvalue weighted by Crippen LogP contribution is -2.31. The predicted octanol–water partition coefficient (Wildman–Crippen LogP) is 4.31. The van der Waals surface area contributed by atoms with Crippen molar-refractivity contribution < 1.29 is 36.8 Å². The summed E-state index contributed by atoms with van der Waals surface area (Å²) in [6.07, 6.45) is -4.80. The molecule has 8 nitrogen and oxygen atoms in total. The van der Waals surface area contributed by atoms with E-state index in [9.17, 15) is 22.8 Å². The molecular formula is C21H16F3N3O5S. The van der Waals surface area contributed by atoms with Gasteiger partial charge in [-0.05, 0) is 42.5 Å². The van der Waals surface area contributed by atoms with Gasteiger partial charge in [-0.25, -0.2) is 0 Å². The fraction of sp³-hybridized carbons (Fsp3) is 0.238. The molecule has 0 bridgehead atoms. The number of nitrogens with one attached hydrogen (secondary N) is 1. The topological polar surface area (TPSA) is 104 Å². The summed E-state index contributed by atoms with van der Waals surface area (Å²) in [6.45, 7) is -0.285. The number of hydrogen-bond donors (Lipinski definition) is 1. The number of aromatic nitrogens is 2. The van der Waals surface area contributed by atoms with E-state index < -0.39 is 28.9 Å². The summed E-state index contributed by atoms with van der Waals surface area (Å²) in [6, 6.07) is 10.0. The molecule has 0 aliphatic carbocycles. The van der Waals surface area contributed by atoms with Crippen molar-refractivity contribution in [3.8, 4) is 17.1 Å². The number of methoxy groups -OCH3 is 1. The van der Waals surface area contributed by atoms with Gasteiger partial charge in [-0.15, -0.1) is 11.8 Å². The van der Waals surface area contributed by atoms with Crippen molar-refractivity contribution in [2.24, 2.45) is 0 Å². The van der Waals surface area contributed by atoms with Crippen LogP contribution in [0.4, 0.5) is 18.9 Å². The third kappa shape index (κ3) is 5.28. The van der Waals surface area contributed by atoms with Crippen LogP contribution in [0.1, 0.15) is 17.9 Å². The Hall–Kier alpha value is -3.54. The number of halogens is 3. The number of nitrogens with zero attached hydrogens (tertiary/aromatic N) is 2. The van der Waals surface area contributed by atoms with Crippen molar-refractivity contribution in [1.29, 1.82) is 0 Å². The first-order chi connectivity index (χ1) is 15.7. The molecule has 172 valence electrons. The summed E-state index contributed by atoms with van der Waals surface area (Å²) >= 11 is 0.997. The van der Waals surface area contributed by atoms with Gasteiger partial charge in [-0.1, -0.05) is 5.16 Å². The van der Waals surface area contributed by atoms with Crippen LogP contribution in [0.2, 0.25) is 0 Å². The number of rotatable bonds is 6. The molecule has 1 unspecified atom stereocenters. The summed E-state index contributed by atoms with van der Waals surface area (Å²) in [5, 5.41) is 5.40. The molecule has 12 heteroatoms. The van der Waals surface area contributed by atoms with E-state index in [0.29, 0.717) is 22.0 Å². The Balaban J connectivity index is 1.33. The third-order valence-electron chi connectivity index (χ3n) is 4.65. The zero-order chi connectivity index (χ0) is 23.6. The summed E-state index contributed by atoms with van der Waals surface area (Å²) < 4.78 is 53.8. The van der Waals surface area contributed by atoms with Gasteiger partial charge in [0.25, 0.3) is 5.89 Å². The van der Waals surface area contributed by atoms with Crippen LogP contribution in [0.25, 0.3) is 11.4 Å². The van der Waals surface area contributed by atoms with E-state index in [4.69, 9.17) is 14.0 Å². The minimum absolute atomic E-state index is 0.0568. The molecule has 1 N–H and O–H groups in total. The predicted molar refractivity (Wildman–Crippen MR) is 110 cm³/mol. The Morgan fingerprint density at radius 3 is 2.67 bits per heavy atom. The van der Waals surface area contributed by atoms with Crippen LogP contribution in [0.5, 0.6) is 5.75 Å². The van der Waals surface area contributed by atoms with Crippen molar-refractivity contribution in [3.63, 3.8) is 0 Å². The zero-order valence-corrected chi connectivity index (χ0v) is 17.8. The van der Waals surface area contributed by atoms with Gasteiger partial charge in [0.15, 0.2) is 6.61 Å². The number of amides is 1. The molecule has 0 saturated carbocycles. The van der Waals surface area contributed by atoms with Crippen molar-refractivity contribution in [3.05, 3.63) is 53.9 Å². The molecule has 1 aliphatic rings. The van der Waals surface area contributed by atoms with Crippen LogP contribution in [0.15, 0.2) is 51.9 Å². The number of fused-ring (bicyclic) bond motifs is 1. The molecule has 33 heavy (non-hydrogen) atoms. The second-order valence-corrected chi connectivity index (χ2v) is 8.15. The molecule has 1 aliphatic heterocycles. The average molecular weight is 479 g/mol. The summed E-state index contributed by atoms with van der Waals surface area (Å²) in [5.41, 5.74) is -0.130. The van der Waals surface area contributed by atoms with Gasteiger partial charge < -0.3 is 19.3 Å². The van der Waals surface area contributed by atoms with E-state index in [1.165, 1.54) is 6.07 Å². The number of ether oxygens (including phenoxy) is 2. The second-order valence-electron chi connectivity index (χ2n) is 6.91. The number of hydrogen-bond acceptors (Lipinski definition) is 8. The molecule has 4 rings (SSSR count). The highest BCUT2D eigenvalue weighted by Crippen LogP contribution is 2.40. The van der Waals surface area contributed by atoms with Crippen LogP contribution < -0.4 is 10.1 Å². The Morgan fingerprint density at radius 2 is 1.97 bits per heavy atom. The zero-order valence-electron chi connectivity index (χ0n) is 17.0. The number of carbonyl (C=O) groups excluding carboxylic acids is 2. The molecular weight excluding hydrogens is 463 g/mol. The number of esters is 1. The molecule has 0 radical (unpaired) electrons. The van der Waals surface area contributed by atoms with E-state index in [-0.39, 0.29) is 24.6 Å². The Bertz CT molecular complexity index is 1180. The molecule has 2 aromatic carbocycles. The van der Waals surface area contributed by atoms with E-state index >= 15 is 0 Å². The standard InChI is InChI=1S/C21H16F3N3O5S/c1-30-13-5-2-11(3-6-13)19-26-17(32-27-19)10-31-18(28)9-16-20(29)25-14-8-12(21(22,23)24)4-7-15(14)33-16/h2-8,16H,9-10H2,1H3,(H,25,29). The summed E-state index contributed by atoms with van der Waals surface area (Å²) in [4.78, 5) is 29.1. The van der Waals surface area contributed by atoms with Gasteiger partial charge in [-0.3, -0.25) is 9.59 Å². The Labute approximate surface area is 189 Å². The average Bonchev–Trinajstić information content (AvgIpc) is 3.26. The van der Waals surface area contributed by atoms with E-state index in [0.717, 1.165) is 23.9 Å². The van der Waals surface area contributed by atoms with Gasteiger partial charge in [0.1, 0.15) is 5.75 Å². The summed E-state index contributed by atoms with van der Waals surface area (Å²) in [5.74, 6) is -0.226. The van der Waals surface area contributed by atoms with Gasteiger partial charge in [0.05, 0.1) is 30.0 Å². The maximum Gasteiger partial charge on any atom is 0.416 e. The molecule has 0 spiro atoms. The Kier molecular flexibility index (Phi) is 6.27. The molecule has 3 aromatic rings. The maximum absolute atomic E-state index is 12.9. The smallest absolute Gasteiger partial charge is 0.416 e. The SMILES string of the molecule is COc1ccc(-c2noc(COC(=O)CC3Sc4ccc(C(F)(F)F)cc4NC3=O)n2)cc1. The van der Waals surface area contributed by atoms with Gasteiger partial charge >= 0.3 is 12.1 Å². The molecule has 0 fully saturated rings. The van der Waals surface area contributed by atoms with Gasteiger partial charge in [0, 0.05) is 10.5 Å². The fourth-order valence-electron chi connectivity index (χ4n) is 2.98. The maximum atomic E-state index is 12.9. The van der Waals surface area contributed by atoms with Crippen LogP contribution in [-0.4, -0.2) is 34.4 Å². The first-order valence-corrected chi connectivity index (χ1v) is 10.4. The second kappa shape index (κ2) is 9.14. The first kappa shape index (κ1) is 22.6. The van der Waals surface area contributed by atoms with E-state index in [1.807, 2.05) is 0 Å². The number of thioether (sulfide) groups is 1. The minimum atomic E-state index is -4.52. The quantitative estimate of drug-likeness (QED) is 0.522. The number of carbonyl (C=O) groups is 2. The van der Waals surface area contributed by atoms with Crippen LogP contribution in [0, 0.1) is 0 Å². The Morgan fingerprint density at radius 1 is 1.21 bits per heavy atom. The highest BCUT2D eigenvalue weighted by molar-refractivity contribution is 8.01. The van der Waals surface area contributed by atoms with E-state index in [2.05, 4.69) is 15.5 Å². The van der Waals surface area contributed by atoms with Gasteiger partial charge in [-0.2, -0.15) is 18.2 Å². The molecule has 2 heterocycles. The van der Waals surface area contributed by atoms with Gasteiger partial charge in [0.2, 0.25) is 11.7 Å². The van der Waals surface area contributed by atoms with Crippen molar-refractivity contribution in [1.82, 2.24) is 10.1 Å². The molecule has 1 aromatic heterocycles. The van der Waals surface area contributed by atoms with Crippen LogP contribution in [0.3, 0.4) is 0 Å². The van der Waals surface area contributed by atoms with E-state index in [1.54, 1.807) is 31.4 Å². The normalized spacial score (nSPS) is 15.5. The lowest BCUT2D eigenvalue weighted by atomic mass is 10.1.